The molecule has 0 amide bonds. The third-order valence-electron chi connectivity index (χ3n) is 2.42. The number of rotatable bonds is 2. The van der Waals surface area contributed by atoms with Gasteiger partial charge < -0.3 is 9.94 Å². The summed E-state index contributed by atoms with van der Waals surface area (Å²) >= 11 is 0. The third-order valence-corrected chi connectivity index (χ3v) is 2.42. The number of esters is 1. The molecule has 0 atom stereocenters. The van der Waals surface area contributed by atoms with Crippen molar-refractivity contribution in [2.24, 2.45) is 0 Å². The second kappa shape index (κ2) is 4.65. The number of ether oxygens (including phenoxy) is 1. The van der Waals surface area contributed by atoms with Crippen LogP contribution in [0.15, 0.2) is 48.8 Å². The molecule has 0 aliphatic heterocycles. The summed E-state index contributed by atoms with van der Waals surface area (Å²) in [6, 6.07) is 10.5. The topological polar surface area (TPSA) is 53.2 Å². The van der Waals surface area contributed by atoms with Gasteiger partial charge in [-0.2, -0.15) is 4.73 Å². The molecule has 0 unspecified atom stereocenters. The van der Waals surface area contributed by atoms with Gasteiger partial charge >= 0.3 is 5.97 Å². The Kier molecular flexibility index (Phi) is 3.05. The molecule has 0 aliphatic carbocycles. The van der Waals surface area contributed by atoms with Gasteiger partial charge in [-0.15, -0.1) is 0 Å². The van der Waals surface area contributed by atoms with Gasteiger partial charge in [0.05, 0.1) is 12.7 Å². The Labute approximate surface area is 98.7 Å². The fraction of sp³-hybridized carbons (Fsp3) is 0.0769. The van der Waals surface area contributed by atoms with Crippen LogP contribution in [0.4, 0.5) is 0 Å². The van der Waals surface area contributed by atoms with Crippen LogP contribution in [-0.2, 0) is 4.74 Å². The van der Waals surface area contributed by atoms with E-state index >= 15 is 0 Å². The fourth-order valence-electron chi connectivity index (χ4n) is 1.55. The molecule has 0 fully saturated rings. The monoisotopic (exact) mass is 229 g/mol. The van der Waals surface area contributed by atoms with Crippen LogP contribution in [0.2, 0.25) is 0 Å². The molecule has 0 aliphatic rings. The Morgan fingerprint density at radius 2 is 1.88 bits per heavy atom. The van der Waals surface area contributed by atoms with E-state index in [0.717, 1.165) is 11.1 Å². The molecule has 1 aromatic heterocycles. The van der Waals surface area contributed by atoms with Crippen molar-refractivity contribution in [3.63, 3.8) is 0 Å². The van der Waals surface area contributed by atoms with Crippen LogP contribution in [0.3, 0.4) is 0 Å². The van der Waals surface area contributed by atoms with Gasteiger partial charge in [0.25, 0.3) is 0 Å². The number of hydrogen-bond acceptors (Lipinski definition) is 3. The van der Waals surface area contributed by atoms with Crippen LogP contribution >= 0.6 is 0 Å². The lowest BCUT2D eigenvalue weighted by Crippen LogP contribution is -2.23. The molecule has 17 heavy (non-hydrogen) atoms. The molecule has 4 heteroatoms. The summed E-state index contributed by atoms with van der Waals surface area (Å²) < 4.78 is 5.37. The van der Waals surface area contributed by atoms with Crippen LogP contribution in [0.1, 0.15) is 10.4 Å². The smallest absolute Gasteiger partial charge is 0.337 e. The second-order valence-corrected chi connectivity index (χ2v) is 3.52. The molecule has 0 bridgehead atoms. The van der Waals surface area contributed by atoms with Crippen molar-refractivity contribution in [1.82, 2.24) is 0 Å². The maximum absolute atomic E-state index is 11.4. The molecule has 0 saturated carbocycles. The molecule has 2 aromatic rings. The van der Waals surface area contributed by atoms with E-state index in [4.69, 9.17) is 0 Å². The molecule has 0 spiro atoms. The van der Waals surface area contributed by atoms with Crippen molar-refractivity contribution in [2.45, 2.75) is 0 Å². The summed E-state index contributed by atoms with van der Waals surface area (Å²) in [5.74, 6) is -0.373. The molecule has 1 aromatic carbocycles. The number of aromatic nitrogens is 1. The first-order chi connectivity index (χ1) is 8.20. The Bertz CT molecular complexity index is 535. The van der Waals surface area contributed by atoms with Gasteiger partial charge in [0.1, 0.15) is 0 Å². The lowest BCUT2D eigenvalue weighted by atomic mass is 10.0. The Morgan fingerprint density at radius 1 is 1.18 bits per heavy atom. The van der Waals surface area contributed by atoms with E-state index < -0.39 is 0 Å². The van der Waals surface area contributed by atoms with Crippen molar-refractivity contribution in [3.05, 3.63) is 59.6 Å². The molecule has 4 nitrogen and oxygen atoms in total. The molecule has 0 N–H and O–H groups in total. The standard InChI is InChI=1S/C13H11NO3/c1-17-13(15)12-4-2-3-11(9-12)10-5-7-14(16)8-6-10/h2-9H,1H3. The first-order valence-electron chi connectivity index (χ1n) is 5.08. The van der Waals surface area contributed by atoms with E-state index in [1.807, 2.05) is 6.07 Å². The van der Waals surface area contributed by atoms with E-state index in [2.05, 4.69) is 4.74 Å². The van der Waals surface area contributed by atoms with Crippen molar-refractivity contribution in [2.75, 3.05) is 7.11 Å². The van der Waals surface area contributed by atoms with Crippen molar-refractivity contribution in [3.8, 4) is 11.1 Å². The summed E-state index contributed by atoms with van der Waals surface area (Å²) in [5.41, 5.74) is 2.24. The lowest BCUT2D eigenvalue weighted by Gasteiger charge is -2.04. The largest absolute Gasteiger partial charge is 0.619 e. The number of benzene rings is 1. The van der Waals surface area contributed by atoms with Gasteiger partial charge in [-0.25, -0.2) is 4.79 Å². The third kappa shape index (κ3) is 2.42. The number of hydrogen-bond donors (Lipinski definition) is 0. The van der Waals surface area contributed by atoms with E-state index in [9.17, 15) is 10.0 Å². The molecule has 1 heterocycles. The zero-order valence-electron chi connectivity index (χ0n) is 9.29. The number of methoxy groups -OCH3 is 1. The maximum atomic E-state index is 11.4. The highest BCUT2D eigenvalue weighted by Gasteiger charge is 2.07. The average molecular weight is 229 g/mol. The van der Waals surface area contributed by atoms with Crippen LogP contribution in [0.25, 0.3) is 11.1 Å². The summed E-state index contributed by atoms with van der Waals surface area (Å²) in [7, 11) is 1.35. The van der Waals surface area contributed by atoms with Crippen molar-refractivity contribution < 1.29 is 14.3 Å². The number of pyridine rings is 1. The maximum Gasteiger partial charge on any atom is 0.337 e. The molecule has 86 valence electrons. The first kappa shape index (κ1) is 11.1. The van der Waals surface area contributed by atoms with Gasteiger partial charge in [0.15, 0.2) is 12.4 Å². The van der Waals surface area contributed by atoms with E-state index in [-0.39, 0.29) is 5.97 Å². The number of nitrogens with zero attached hydrogens (tertiary/aromatic N) is 1. The van der Waals surface area contributed by atoms with E-state index in [0.29, 0.717) is 10.3 Å². The summed E-state index contributed by atoms with van der Waals surface area (Å²) in [4.78, 5) is 11.4. The van der Waals surface area contributed by atoms with Gasteiger partial charge in [-0.1, -0.05) is 12.1 Å². The van der Waals surface area contributed by atoms with Gasteiger partial charge in [0.2, 0.25) is 0 Å². The average Bonchev–Trinajstić information content (AvgIpc) is 2.39. The van der Waals surface area contributed by atoms with Crippen LogP contribution < -0.4 is 4.73 Å². The van der Waals surface area contributed by atoms with Crippen LogP contribution in [0.5, 0.6) is 0 Å². The molecule has 0 radical (unpaired) electrons. The normalized spacial score (nSPS) is 9.94. The molecule has 0 saturated heterocycles. The van der Waals surface area contributed by atoms with Gasteiger partial charge in [-0.3, -0.25) is 0 Å². The first-order valence-corrected chi connectivity index (χ1v) is 5.08. The predicted octanol–water partition coefficient (Wildman–Crippen LogP) is 1.77. The second-order valence-electron chi connectivity index (χ2n) is 3.52. The van der Waals surface area contributed by atoms with E-state index in [1.54, 1.807) is 30.3 Å². The van der Waals surface area contributed by atoms with Crippen molar-refractivity contribution in [1.29, 1.82) is 0 Å². The zero-order chi connectivity index (χ0) is 12.3. The minimum atomic E-state index is -0.373. The number of carbonyl (C=O) groups excluding carboxylic acids is 1. The van der Waals surface area contributed by atoms with Crippen LogP contribution in [-0.4, -0.2) is 13.1 Å². The van der Waals surface area contributed by atoms with Gasteiger partial charge in [-0.05, 0) is 23.3 Å². The molecule has 2 rings (SSSR count). The highest BCUT2D eigenvalue weighted by atomic mass is 16.5. The Hall–Kier alpha value is -2.36. The summed E-state index contributed by atoms with van der Waals surface area (Å²) in [6.45, 7) is 0. The molecular weight excluding hydrogens is 218 g/mol. The van der Waals surface area contributed by atoms with Crippen molar-refractivity contribution >= 4 is 5.97 Å². The quantitative estimate of drug-likeness (QED) is 0.448. The minimum absolute atomic E-state index is 0.373. The van der Waals surface area contributed by atoms with Crippen LogP contribution in [0, 0.1) is 5.21 Å². The fourth-order valence-corrected chi connectivity index (χ4v) is 1.55. The zero-order valence-corrected chi connectivity index (χ0v) is 9.29. The highest BCUT2D eigenvalue weighted by molar-refractivity contribution is 5.90. The Morgan fingerprint density at radius 3 is 2.53 bits per heavy atom. The lowest BCUT2D eigenvalue weighted by molar-refractivity contribution is -0.605. The molecular formula is C13H11NO3. The minimum Gasteiger partial charge on any atom is -0.619 e. The Balaban J connectivity index is 2.39. The van der Waals surface area contributed by atoms with Gasteiger partial charge in [0, 0.05) is 12.1 Å². The number of carbonyl (C=O) groups is 1. The highest BCUT2D eigenvalue weighted by Crippen LogP contribution is 2.19. The SMILES string of the molecule is COC(=O)c1cccc(-c2cc[n+]([O-])cc2)c1. The predicted molar refractivity (Wildman–Crippen MR) is 62.2 cm³/mol. The van der Waals surface area contributed by atoms with E-state index in [1.165, 1.54) is 19.5 Å². The summed E-state index contributed by atoms with van der Waals surface area (Å²) in [6.07, 6.45) is 2.83. The summed E-state index contributed by atoms with van der Waals surface area (Å²) in [5, 5.41) is 10.9.